The van der Waals surface area contributed by atoms with Crippen LogP contribution in [-0.4, -0.2) is 29.1 Å². The van der Waals surface area contributed by atoms with Gasteiger partial charge in [-0.3, -0.25) is 14.7 Å². The summed E-state index contributed by atoms with van der Waals surface area (Å²) in [6.07, 6.45) is 1.09. The number of alkyl halides is 2. The van der Waals surface area contributed by atoms with Crippen molar-refractivity contribution in [2.24, 2.45) is 0 Å². The highest BCUT2D eigenvalue weighted by Gasteiger charge is 2.41. The van der Waals surface area contributed by atoms with Crippen LogP contribution >= 0.6 is 0 Å². The maximum absolute atomic E-state index is 14.0. The van der Waals surface area contributed by atoms with Gasteiger partial charge in [-0.25, -0.2) is 4.39 Å². The minimum absolute atomic E-state index is 0.0919. The van der Waals surface area contributed by atoms with Crippen molar-refractivity contribution in [3.63, 3.8) is 0 Å². The van der Waals surface area contributed by atoms with Gasteiger partial charge in [0.25, 0.3) is 5.91 Å². The summed E-state index contributed by atoms with van der Waals surface area (Å²) in [5.74, 6) is -7.14. The van der Waals surface area contributed by atoms with Gasteiger partial charge >= 0.3 is 11.8 Å². The summed E-state index contributed by atoms with van der Waals surface area (Å²) in [6, 6.07) is 3.26. The number of carbonyl (C=O) groups is 2. The van der Waals surface area contributed by atoms with Crippen LogP contribution in [0.4, 0.5) is 19.0 Å². The van der Waals surface area contributed by atoms with Crippen molar-refractivity contribution < 1.29 is 22.8 Å². The Morgan fingerprint density at radius 2 is 1.86 bits per heavy atom. The smallest absolute Gasteiger partial charge is 0.350 e. The maximum atomic E-state index is 14.0. The number of H-pyrrole nitrogens is 1. The molecule has 2 rings (SSSR count). The number of halogens is 3. The van der Waals surface area contributed by atoms with Crippen molar-refractivity contribution in [2.45, 2.75) is 5.92 Å². The Kier molecular flexibility index (Phi) is 4.15. The summed E-state index contributed by atoms with van der Waals surface area (Å²) in [5.41, 5.74) is -0.766. The fourth-order valence-corrected chi connectivity index (χ4v) is 1.67. The number of nitrogens with one attached hydrogen (secondary N) is 3. The van der Waals surface area contributed by atoms with Gasteiger partial charge in [-0.1, -0.05) is 0 Å². The number of aromatic nitrogens is 2. The number of nitrogens with zero attached hydrogens (tertiary/aromatic N) is 1. The van der Waals surface area contributed by atoms with Crippen LogP contribution in [0.25, 0.3) is 0 Å². The van der Waals surface area contributed by atoms with E-state index in [2.05, 4.69) is 15.5 Å². The minimum atomic E-state index is -3.90. The zero-order chi connectivity index (χ0) is 16.3. The van der Waals surface area contributed by atoms with Gasteiger partial charge in [-0.15, -0.1) is 0 Å². The molecule has 0 aliphatic carbocycles. The number of hydrogen-bond donors (Lipinski definition) is 3. The monoisotopic (exact) mass is 312 g/mol. The number of rotatable bonds is 4. The first-order valence-corrected chi connectivity index (χ1v) is 6.07. The number of benzene rings is 1. The Labute approximate surface area is 122 Å². The number of aromatic amines is 1. The molecule has 2 amide bonds. The van der Waals surface area contributed by atoms with Gasteiger partial charge in [0.05, 0.1) is 6.20 Å². The third kappa shape index (κ3) is 2.92. The summed E-state index contributed by atoms with van der Waals surface area (Å²) in [5, 5.41) is 9.94. The molecule has 6 nitrogen and oxygen atoms in total. The number of amides is 2. The lowest BCUT2D eigenvalue weighted by molar-refractivity contribution is -0.141. The summed E-state index contributed by atoms with van der Waals surface area (Å²) in [4.78, 5) is 23.2. The first-order chi connectivity index (χ1) is 10.4. The molecular formula is C13H11F3N4O2. The average Bonchev–Trinajstić information content (AvgIpc) is 2.95. The molecule has 1 heterocycles. The van der Waals surface area contributed by atoms with Crippen LogP contribution in [0.5, 0.6) is 0 Å². The van der Waals surface area contributed by atoms with Crippen LogP contribution in [0.1, 0.15) is 15.9 Å². The molecule has 0 spiro atoms. The first kappa shape index (κ1) is 15.5. The van der Waals surface area contributed by atoms with Gasteiger partial charge in [0.1, 0.15) is 17.2 Å². The highest BCUT2D eigenvalue weighted by atomic mass is 19.3. The zero-order valence-electron chi connectivity index (χ0n) is 11.3. The Balaban J connectivity index is 2.23. The number of anilines is 1. The van der Waals surface area contributed by atoms with Gasteiger partial charge in [0, 0.05) is 12.6 Å². The quantitative estimate of drug-likeness (QED) is 0.802. The summed E-state index contributed by atoms with van der Waals surface area (Å²) in [7, 11) is 1.34. The zero-order valence-corrected chi connectivity index (χ0v) is 11.3. The van der Waals surface area contributed by atoms with E-state index in [4.69, 9.17) is 0 Å². The topological polar surface area (TPSA) is 86.9 Å². The van der Waals surface area contributed by atoms with E-state index in [-0.39, 0.29) is 11.4 Å². The lowest BCUT2D eigenvalue weighted by atomic mass is 10.1. The van der Waals surface area contributed by atoms with Crippen LogP contribution in [-0.2, 0) is 10.7 Å². The highest BCUT2D eigenvalue weighted by molar-refractivity contribution is 6.04. The standard InChI is InChI=1S/C13H11F3N4O2/c1-17-11(21)9-6-18-20-10(9)19-12(22)13(15,16)7-2-4-8(14)5-3-7/h2-6H,1H3,(H,17,21)(H2,18,19,20,22). The van der Waals surface area contributed by atoms with Gasteiger partial charge < -0.3 is 10.6 Å². The van der Waals surface area contributed by atoms with Crippen molar-refractivity contribution in [1.82, 2.24) is 15.5 Å². The molecule has 0 saturated carbocycles. The highest BCUT2D eigenvalue weighted by Crippen LogP contribution is 2.29. The molecule has 1 aromatic heterocycles. The summed E-state index contributed by atoms with van der Waals surface area (Å²) < 4.78 is 40.8. The lowest BCUT2D eigenvalue weighted by Crippen LogP contribution is -2.33. The van der Waals surface area contributed by atoms with Crippen LogP contribution in [0.3, 0.4) is 0 Å². The second kappa shape index (κ2) is 5.88. The molecule has 0 radical (unpaired) electrons. The van der Waals surface area contributed by atoms with Crippen molar-refractivity contribution in [3.8, 4) is 0 Å². The van der Waals surface area contributed by atoms with Crippen LogP contribution in [0, 0.1) is 5.82 Å². The van der Waals surface area contributed by atoms with E-state index in [1.165, 1.54) is 7.05 Å². The van der Waals surface area contributed by atoms with Gasteiger partial charge in [0.15, 0.2) is 0 Å². The van der Waals surface area contributed by atoms with Crippen molar-refractivity contribution >= 4 is 17.6 Å². The van der Waals surface area contributed by atoms with Crippen LogP contribution < -0.4 is 10.6 Å². The summed E-state index contributed by atoms with van der Waals surface area (Å²) >= 11 is 0. The number of carbonyl (C=O) groups excluding carboxylic acids is 2. The predicted molar refractivity (Wildman–Crippen MR) is 70.9 cm³/mol. The van der Waals surface area contributed by atoms with E-state index in [1.807, 2.05) is 5.32 Å². The SMILES string of the molecule is CNC(=O)c1cn[nH]c1NC(=O)C(F)(F)c1ccc(F)cc1. The fourth-order valence-electron chi connectivity index (χ4n) is 1.67. The Morgan fingerprint density at radius 3 is 2.45 bits per heavy atom. The maximum Gasteiger partial charge on any atom is 0.350 e. The molecule has 0 saturated heterocycles. The molecule has 3 N–H and O–H groups in total. The number of hydrogen-bond acceptors (Lipinski definition) is 3. The summed E-state index contributed by atoms with van der Waals surface area (Å²) in [6.45, 7) is 0. The second-order valence-corrected chi connectivity index (χ2v) is 4.27. The van der Waals surface area contributed by atoms with E-state index < -0.39 is 29.1 Å². The van der Waals surface area contributed by atoms with Crippen LogP contribution in [0.15, 0.2) is 30.5 Å². The van der Waals surface area contributed by atoms with E-state index in [0.29, 0.717) is 0 Å². The third-order valence-corrected chi connectivity index (χ3v) is 2.84. The predicted octanol–water partition coefficient (Wildman–Crippen LogP) is 1.64. The van der Waals surface area contributed by atoms with Gasteiger partial charge in [-0.2, -0.15) is 13.9 Å². The normalized spacial score (nSPS) is 11.1. The molecule has 0 bridgehead atoms. The molecule has 22 heavy (non-hydrogen) atoms. The van der Waals surface area contributed by atoms with E-state index >= 15 is 0 Å². The fraction of sp³-hybridized carbons (Fsp3) is 0.154. The minimum Gasteiger partial charge on any atom is -0.355 e. The molecule has 1 aromatic carbocycles. The Hall–Kier alpha value is -2.84. The molecule has 0 atom stereocenters. The Morgan fingerprint density at radius 1 is 1.23 bits per heavy atom. The van der Waals surface area contributed by atoms with E-state index in [0.717, 1.165) is 30.5 Å². The van der Waals surface area contributed by atoms with Gasteiger partial charge in [0.2, 0.25) is 0 Å². The molecule has 0 fully saturated rings. The molecule has 9 heteroatoms. The largest absolute Gasteiger partial charge is 0.355 e. The second-order valence-electron chi connectivity index (χ2n) is 4.27. The molecule has 0 aliphatic rings. The molecule has 0 unspecified atom stereocenters. The van der Waals surface area contributed by atoms with Crippen LogP contribution in [0.2, 0.25) is 0 Å². The van der Waals surface area contributed by atoms with E-state index in [1.54, 1.807) is 0 Å². The van der Waals surface area contributed by atoms with Gasteiger partial charge in [-0.05, 0) is 24.3 Å². The molecule has 116 valence electrons. The lowest BCUT2D eigenvalue weighted by Gasteiger charge is -2.16. The Bertz CT molecular complexity index is 698. The van der Waals surface area contributed by atoms with Crippen molar-refractivity contribution in [2.75, 3.05) is 12.4 Å². The molecule has 0 aliphatic heterocycles. The molecular weight excluding hydrogens is 301 g/mol. The van der Waals surface area contributed by atoms with E-state index in [9.17, 15) is 22.8 Å². The van der Waals surface area contributed by atoms with Crippen molar-refractivity contribution in [1.29, 1.82) is 0 Å². The molecule has 2 aromatic rings. The third-order valence-electron chi connectivity index (χ3n) is 2.84. The average molecular weight is 312 g/mol. The van der Waals surface area contributed by atoms with Crippen molar-refractivity contribution in [3.05, 3.63) is 47.4 Å². The first-order valence-electron chi connectivity index (χ1n) is 6.07.